The van der Waals surface area contributed by atoms with Crippen LogP contribution in [0.1, 0.15) is 78.6 Å². The van der Waals surface area contributed by atoms with E-state index in [9.17, 15) is 20.4 Å². The first-order valence-electron chi connectivity index (χ1n) is 13.3. The highest BCUT2D eigenvalue weighted by Gasteiger charge is 2.67. The van der Waals surface area contributed by atoms with Crippen LogP contribution in [0.4, 0.5) is 0 Å². The summed E-state index contributed by atoms with van der Waals surface area (Å²) in [6.45, 7) is 7.11. The molecule has 1 heterocycles. The van der Waals surface area contributed by atoms with Gasteiger partial charge in [0.1, 0.15) is 18.3 Å². The number of fused-ring (bicyclic) bond motifs is 5. The SMILES string of the molecule is C[C@@H]1O[C@@H](O[C@H]2CC[C@@]3(C)[C@H](CC[C@@H]4[C@@H]3CC[C@]3(C)[C@@H](CN)CC[C@]43O)C2)[C@H](O)[C@H](O)[C@H]1O. The molecule has 0 amide bonds. The highest BCUT2D eigenvalue weighted by Crippen LogP contribution is 2.68. The van der Waals surface area contributed by atoms with Gasteiger partial charge in [-0.1, -0.05) is 13.8 Å². The monoisotopic (exact) mass is 467 g/mol. The highest BCUT2D eigenvalue weighted by atomic mass is 16.7. The quantitative estimate of drug-likeness (QED) is 0.402. The van der Waals surface area contributed by atoms with Gasteiger partial charge in [-0.3, -0.25) is 0 Å². The van der Waals surface area contributed by atoms with E-state index in [1.165, 1.54) is 6.42 Å². The summed E-state index contributed by atoms with van der Waals surface area (Å²) >= 11 is 0. The molecule has 0 aromatic heterocycles. The molecule has 5 fully saturated rings. The van der Waals surface area contributed by atoms with Crippen molar-refractivity contribution in [1.29, 1.82) is 0 Å². The fraction of sp³-hybridized carbons (Fsp3) is 1.00. The Bertz CT molecular complexity index is 738. The molecule has 0 spiro atoms. The molecule has 0 radical (unpaired) electrons. The Balaban J connectivity index is 1.28. The fourth-order valence-corrected chi connectivity index (χ4v) is 9.11. The molecule has 0 bridgehead atoms. The van der Waals surface area contributed by atoms with Crippen LogP contribution in [-0.2, 0) is 9.47 Å². The molecular formula is C26H45NO6. The van der Waals surface area contributed by atoms with Crippen molar-refractivity contribution >= 4 is 0 Å². The first kappa shape index (κ1) is 24.4. The van der Waals surface area contributed by atoms with Crippen molar-refractivity contribution in [2.45, 2.75) is 121 Å². The molecule has 4 aliphatic carbocycles. The van der Waals surface area contributed by atoms with Crippen LogP contribution < -0.4 is 5.73 Å². The Morgan fingerprint density at radius 1 is 0.909 bits per heavy atom. The molecule has 1 aliphatic heterocycles. The highest BCUT2D eigenvalue weighted by molar-refractivity contribution is 5.17. The van der Waals surface area contributed by atoms with Gasteiger partial charge in [0.05, 0.1) is 17.8 Å². The minimum absolute atomic E-state index is 0.0287. The molecule has 4 saturated carbocycles. The first-order valence-corrected chi connectivity index (χ1v) is 13.3. The lowest BCUT2D eigenvalue weighted by atomic mass is 9.43. The van der Waals surface area contributed by atoms with Crippen LogP contribution in [-0.4, -0.2) is 69.4 Å². The smallest absolute Gasteiger partial charge is 0.186 e. The lowest BCUT2D eigenvalue weighted by Crippen LogP contribution is -2.63. The maximum atomic E-state index is 12.1. The number of nitrogens with two attached hydrogens (primary N) is 1. The van der Waals surface area contributed by atoms with Crippen molar-refractivity contribution in [3.63, 3.8) is 0 Å². The summed E-state index contributed by atoms with van der Waals surface area (Å²) in [6.07, 6.45) is 4.03. The summed E-state index contributed by atoms with van der Waals surface area (Å²) in [6, 6.07) is 0. The van der Waals surface area contributed by atoms with Gasteiger partial charge in [-0.05, 0) is 100 Å². The number of aliphatic hydroxyl groups is 4. The van der Waals surface area contributed by atoms with Crippen LogP contribution in [0.5, 0.6) is 0 Å². The van der Waals surface area contributed by atoms with E-state index in [0.29, 0.717) is 30.2 Å². The molecule has 0 unspecified atom stereocenters. The second-order valence-electron chi connectivity index (χ2n) is 12.6. The van der Waals surface area contributed by atoms with E-state index in [2.05, 4.69) is 13.8 Å². The van der Waals surface area contributed by atoms with Crippen molar-refractivity contribution in [3.8, 4) is 0 Å². The van der Waals surface area contributed by atoms with E-state index in [1.807, 2.05) is 0 Å². The third-order valence-corrected chi connectivity index (χ3v) is 11.4. The van der Waals surface area contributed by atoms with Gasteiger partial charge in [0.2, 0.25) is 0 Å². The Hall–Kier alpha value is -0.280. The molecule has 5 aliphatic rings. The Labute approximate surface area is 198 Å². The molecule has 0 aromatic rings. The molecule has 0 aromatic carbocycles. The summed E-state index contributed by atoms with van der Waals surface area (Å²) in [5.41, 5.74) is 5.68. The normalized spacial score (nSPS) is 58.9. The summed E-state index contributed by atoms with van der Waals surface area (Å²) in [4.78, 5) is 0. The maximum Gasteiger partial charge on any atom is 0.186 e. The zero-order chi connectivity index (χ0) is 23.8. The molecule has 7 nitrogen and oxygen atoms in total. The first-order chi connectivity index (χ1) is 15.5. The van der Waals surface area contributed by atoms with E-state index in [0.717, 1.165) is 51.4 Å². The van der Waals surface area contributed by atoms with Gasteiger partial charge < -0.3 is 35.6 Å². The van der Waals surface area contributed by atoms with Gasteiger partial charge in [0, 0.05) is 5.41 Å². The molecule has 190 valence electrons. The van der Waals surface area contributed by atoms with Crippen LogP contribution in [0, 0.1) is 34.5 Å². The van der Waals surface area contributed by atoms with Crippen LogP contribution in [0.15, 0.2) is 0 Å². The fourth-order valence-electron chi connectivity index (χ4n) is 9.11. The molecule has 7 heteroatoms. The van der Waals surface area contributed by atoms with Gasteiger partial charge in [0.25, 0.3) is 0 Å². The number of hydrogen-bond acceptors (Lipinski definition) is 7. The topological polar surface area (TPSA) is 125 Å². The third-order valence-electron chi connectivity index (χ3n) is 11.4. The van der Waals surface area contributed by atoms with E-state index in [-0.39, 0.29) is 16.9 Å². The summed E-state index contributed by atoms with van der Waals surface area (Å²) in [5, 5.41) is 42.5. The third kappa shape index (κ3) is 3.48. The summed E-state index contributed by atoms with van der Waals surface area (Å²) in [7, 11) is 0. The largest absolute Gasteiger partial charge is 0.389 e. The van der Waals surface area contributed by atoms with Crippen molar-refractivity contribution < 1.29 is 29.9 Å². The molecule has 5 rings (SSSR count). The van der Waals surface area contributed by atoms with Crippen molar-refractivity contribution in [1.82, 2.24) is 0 Å². The number of ether oxygens (including phenoxy) is 2. The Morgan fingerprint density at radius 2 is 1.67 bits per heavy atom. The minimum atomic E-state index is -1.26. The minimum Gasteiger partial charge on any atom is -0.389 e. The van der Waals surface area contributed by atoms with Crippen LogP contribution in [0.2, 0.25) is 0 Å². The predicted octanol–water partition coefficient (Wildman–Crippen LogP) is 1.93. The second kappa shape index (κ2) is 8.39. The summed E-state index contributed by atoms with van der Waals surface area (Å²) in [5.74, 6) is 1.83. The average Bonchev–Trinajstić information content (AvgIpc) is 3.06. The lowest BCUT2D eigenvalue weighted by molar-refractivity contribution is -0.310. The van der Waals surface area contributed by atoms with E-state index < -0.39 is 36.3 Å². The Kier molecular flexibility index (Phi) is 6.21. The number of hydrogen-bond donors (Lipinski definition) is 5. The zero-order valence-corrected chi connectivity index (χ0v) is 20.5. The number of aliphatic hydroxyl groups excluding tert-OH is 3. The number of rotatable bonds is 3. The Morgan fingerprint density at radius 3 is 2.39 bits per heavy atom. The van der Waals surface area contributed by atoms with Crippen molar-refractivity contribution in [3.05, 3.63) is 0 Å². The zero-order valence-electron chi connectivity index (χ0n) is 20.5. The van der Waals surface area contributed by atoms with Gasteiger partial charge in [-0.15, -0.1) is 0 Å². The van der Waals surface area contributed by atoms with Gasteiger partial charge in [-0.25, -0.2) is 0 Å². The predicted molar refractivity (Wildman–Crippen MR) is 123 cm³/mol. The van der Waals surface area contributed by atoms with Crippen LogP contribution in [0.25, 0.3) is 0 Å². The standard InChI is InChI=1S/C26H45NO6/c1-14-20(28)21(29)22(30)23(32-14)33-17-7-9-24(2)15(12-17)4-5-19-18(24)8-10-25(3)16(13-27)6-11-26(19,25)31/h14-23,28-31H,4-13,27H2,1-3H3/t14-,15+,16+,17-,18-,19+,20-,21+,22+,23-,24-,25+,26-/m0/s1. The van der Waals surface area contributed by atoms with Gasteiger partial charge in [0.15, 0.2) is 6.29 Å². The molecular weight excluding hydrogens is 422 g/mol. The van der Waals surface area contributed by atoms with Crippen LogP contribution >= 0.6 is 0 Å². The molecule has 13 atom stereocenters. The van der Waals surface area contributed by atoms with Gasteiger partial charge >= 0.3 is 0 Å². The van der Waals surface area contributed by atoms with Crippen molar-refractivity contribution in [2.75, 3.05) is 6.54 Å². The molecule has 33 heavy (non-hydrogen) atoms. The van der Waals surface area contributed by atoms with E-state index in [4.69, 9.17) is 15.2 Å². The lowest BCUT2D eigenvalue weighted by Gasteiger charge is -2.63. The molecule has 1 saturated heterocycles. The van der Waals surface area contributed by atoms with Crippen LogP contribution in [0.3, 0.4) is 0 Å². The van der Waals surface area contributed by atoms with E-state index in [1.54, 1.807) is 6.92 Å². The van der Waals surface area contributed by atoms with Crippen molar-refractivity contribution in [2.24, 2.45) is 40.2 Å². The maximum absolute atomic E-state index is 12.1. The van der Waals surface area contributed by atoms with E-state index >= 15 is 0 Å². The van der Waals surface area contributed by atoms with Gasteiger partial charge in [-0.2, -0.15) is 0 Å². The average molecular weight is 468 g/mol. The summed E-state index contributed by atoms with van der Waals surface area (Å²) < 4.78 is 11.9. The second-order valence-corrected chi connectivity index (χ2v) is 12.6. The molecule has 6 N–H and O–H groups in total.